The number of carboxylic acids is 1. The minimum Gasteiger partial charge on any atom is -0.508 e. The summed E-state index contributed by atoms with van der Waals surface area (Å²) >= 11 is 0. The van der Waals surface area contributed by atoms with Gasteiger partial charge in [0, 0.05) is 35.1 Å². The largest absolute Gasteiger partial charge is 0.508 e. The zero-order valence-electron chi connectivity index (χ0n) is 20.9. The fraction of sp³-hybridized carbons (Fsp3) is 0.233. The van der Waals surface area contributed by atoms with E-state index in [0.717, 1.165) is 32.5 Å². The lowest BCUT2D eigenvalue weighted by molar-refractivity contribution is -0.148. The number of aromatic nitrogens is 1. The first kappa shape index (κ1) is 23.9. The number of carboxylic acid groups (broad SMARTS) is 1. The minimum atomic E-state index is -1.79. The molecule has 0 aliphatic carbocycles. The zero-order valence-corrected chi connectivity index (χ0v) is 20.9. The van der Waals surface area contributed by atoms with Gasteiger partial charge in [-0.1, -0.05) is 42.5 Å². The van der Waals surface area contributed by atoms with Crippen LogP contribution < -0.4 is 10.2 Å². The van der Waals surface area contributed by atoms with Gasteiger partial charge in [-0.3, -0.25) is 19.7 Å². The predicted octanol–water partition coefficient (Wildman–Crippen LogP) is 4.01. The van der Waals surface area contributed by atoms with Crippen molar-refractivity contribution in [3.63, 3.8) is 0 Å². The Morgan fingerprint density at radius 3 is 2.37 bits per heavy atom. The van der Waals surface area contributed by atoms with Crippen LogP contribution in [0.3, 0.4) is 0 Å². The molecule has 3 aromatic carbocycles. The van der Waals surface area contributed by atoms with E-state index in [0.29, 0.717) is 11.3 Å². The third kappa shape index (κ3) is 3.44. The van der Waals surface area contributed by atoms with Crippen LogP contribution in [-0.2, 0) is 20.8 Å². The maximum atomic E-state index is 14.1. The zero-order chi connectivity index (χ0) is 26.8. The Kier molecular flexibility index (Phi) is 5.39. The second-order valence-corrected chi connectivity index (χ2v) is 10.4. The first-order chi connectivity index (χ1) is 18.2. The summed E-state index contributed by atoms with van der Waals surface area (Å²) in [6.07, 6.45) is 1.72. The molecule has 4 aromatic rings. The summed E-state index contributed by atoms with van der Waals surface area (Å²) in [5.41, 5.74) is 2.36. The number of aliphatic carboxylic acids is 1. The number of fused-ring (bicyclic) bond motifs is 2. The molecule has 2 amide bonds. The quantitative estimate of drug-likeness (QED) is 0.302. The highest BCUT2D eigenvalue weighted by Gasteiger charge is 2.69. The van der Waals surface area contributed by atoms with E-state index in [1.807, 2.05) is 44.2 Å². The number of anilines is 1. The van der Waals surface area contributed by atoms with E-state index in [1.165, 1.54) is 6.07 Å². The number of phenols is 1. The molecule has 6 rings (SSSR count). The van der Waals surface area contributed by atoms with Gasteiger partial charge in [-0.2, -0.15) is 0 Å². The summed E-state index contributed by atoms with van der Waals surface area (Å²) in [7, 11) is 0. The molecular formula is C30H27N3O5. The van der Waals surface area contributed by atoms with Gasteiger partial charge in [-0.15, -0.1) is 0 Å². The van der Waals surface area contributed by atoms with Crippen LogP contribution >= 0.6 is 0 Å². The van der Waals surface area contributed by atoms with Gasteiger partial charge < -0.3 is 15.2 Å². The number of rotatable bonds is 5. The van der Waals surface area contributed by atoms with Gasteiger partial charge in [0.15, 0.2) is 0 Å². The summed E-state index contributed by atoms with van der Waals surface area (Å²) in [6.45, 7) is 3.76. The van der Waals surface area contributed by atoms with Crippen molar-refractivity contribution in [3.05, 3.63) is 95.2 Å². The van der Waals surface area contributed by atoms with Gasteiger partial charge in [0.2, 0.25) is 11.8 Å². The first-order valence-electron chi connectivity index (χ1n) is 12.5. The lowest BCUT2D eigenvalue weighted by atomic mass is 9.76. The van der Waals surface area contributed by atoms with Crippen molar-refractivity contribution in [1.82, 2.24) is 10.3 Å². The minimum absolute atomic E-state index is 0.0304. The number of hydrogen-bond acceptors (Lipinski definition) is 5. The summed E-state index contributed by atoms with van der Waals surface area (Å²) in [5.74, 6) is -4.53. The Balaban J connectivity index is 1.53. The second kappa shape index (κ2) is 8.56. The van der Waals surface area contributed by atoms with Gasteiger partial charge in [-0.25, -0.2) is 4.90 Å². The van der Waals surface area contributed by atoms with E-state index in [4.69, 9.17) is 0 Å². The second-order valence-electron chi connectivity index (χ2n) is 10.4. The van der Waals surface area contributed by atoms with Crippen molar-refractivity contribution in [1.29, 1.82) is 0 Å². The average molecular weight is 510 g/mol. The number of H-pyrrole nitrogens is 1. The number of imide groups is 1. The maximum Gasteiger partial charge on any atom is 0.325 e. The number of aryl methyl sites for hydroxylation is 2. The van der Waals surface area contributed by atoms with Gasteiger partial charge in [-0.05, 0) is 54.8 Å². The fourth-order valence-electron chi connectivity index (χ4n) is 6.37. The number of phenolic OH excluding ortho intramolecular Hbond substituents is 1. The van der Waals surface area contributed by atoms with Crippen molar-refractivity contribution in [2.45, 2.75) is 31.8 Å². The molecule has 8 nitrogen and oxygen atoms in total. The lowest BCUT2D eigenvalue weighted by Crippen LogP contribution is -2.57. The van der Waals surface area contributed by atoms with E-state index in [9.17, 15) is 24.6 Å². The van der Waals surface area contributed by atoms with Crippen molar-refractivity contribution >= 4 is 34.4 Å². The standard InChI is InChI=1S/C30H27N3O5/c1-16-11-17(2)13-19(12-16)33-27(35)24-25(28(33)36)30(29(37)38,32-26(24)21-8-4-6-10-23(21)34)14-18-15-31-22-9-5-3-7-20(18)22/h3-13,15,24-26,31-32,34H,14H2,1-2H3,(H,37,38)/t24-,25-,26-,30+/m1/s1. The molecular weight excluding hydrogens is 482 g/mol. The molecule has 0 bridgehead atoms. The highest BCUT2D eigenvalue weighted by atomic mass is 16.4. The van der Waals surface area contributed by atoms with E-state index in [2.05, 4.69) is 10.3 Å². The lowest BCUT2D eigenvalue weighted by Gasteiger charge is -2.31. The smallest absolute Gasteiger partial charge is 0.325 e. The SMILES string of the molecule is Cc1cc(C)cc(N2C(=O)[C@H]3[C@@H](c4ccccc4O)N[C@](Cc4c[nH]c5ccccc45)(C(=O)O)[C@H]3C2=O)c1. The van der Waals surface area contributed by atoms with E-state index in [-0.39, 0.29) is 12.2 Å². The molecule has 0 unspecified atom stereocenters. The van der Waals surface area contributed by atoms with Crippen LogP contribution in [0, 0.1) is 25.7 Å². The Bertz CT molecular complexity index is 1600. The third-order valence-electron chi connectivity index (χ3n) is 7.92. The number of hydrogen-bond donors (Lipinski definition) is 4. The number of aromatic hydroxyl groups is 1. The topological polar surface area (TPSA) is 123 Å². The molecule has 4 N–H and O–H groups in total. The first-order valence-corrected chi connectivity index (χ1v) is 12.5. The molecule has 2 fully saturated rings. The highest BCUT2D eigenvalue weighted by Crippen LogP contribution is 2.52. The van der Waals surface area contributed by atoms with Gasteiger partial charge in [0.1, 0.15) is 11.3 Å². The summed E-state index contributed by atoms with van der Waals surface area (Å²) in [5, 5.41) is 25.5. The van der Waals surface area contributed by atoms with E-state index >= 15 is 0 Å². The van der Waals surface area contributed by atoms with Crippen LogP contribution in [0.4, 0.5) is 5.69 Å². The molecule has 38 heavy (non-hydrogen) atoms. The summed E-state index contributed by atoms with van der Waals surface area (Å²) in [6, 6.07) is 18.7. The molecule has 192 valence electrons. The highest BCUT2D eigenvalue weighted by molar-refractivity contribution is 6.24. The van der Waals surface area contributed by atoms with Crippen molar-refractivity contribution < 1.29 is 24.6 Å². The van der Waals surface area contributed by atoms with Crippen molar-refractivity contribution in [3.8, 4) is 5.75 Å². The Hall–Kier alpha value is -4.43. The van der Waals surface area contributed by atoms with Crippen LogP contribution in [-0.4, -0.2) is 38.5 Å². The number of nitrogens with zero attached hydrogens (tertiary/aromatic N) is 1. The molecule has 0 radical (unpaired) electrons. The van der Waals surface area contributed by atoms with Crippen molar-refractivity contribution in [2.24, 2.45) is 11.8 Å². The van der Waals surface area contributed by atoms with Crippen LogP contribution in [0.25, 0.3) is 10.9 Å². The molecule has 0 spiro atoms. The van der Waals surface area contributed by atoms with Gasteiger partial charge >= 0.3 is 5.97 Å². The Morgan fingerprint density at radius 1 is 0.974 bits per heavy atom. The van der Waals surface area contributed by atoms with Gasteiger partial charge in [0.25, 0.3) is 0 Å². The number of benzene rings is 3. The van der Waals surface area contributed by atoms with Crippen LogP contribution in [0.5, 0.6) is 5.75 Å². The fourth-order valence-corrected chi connectivity index (χ4v) is 6.37. The molecule has 0 saturated carbocycles. The van der Waals surface area contributed by atoms with Gasteiger partial charge in [0.05, 0.1) is 17.5 Å². The van der Waals surface area contributed by atoms with Crippen LogP contribution in [0.1, 0.15) is 28.3 Å². The molecule has 4 atom stereocenters. The number of amides is 2. The molecule has 2 aliphatic rings. The molecule has 2 aliphatic heterocycles. The predicted molar refractivity (Wildman–Crippen MR) is 142 cm³/mol. The Morgan fingerprint density at radius 2 is 1.66 bits per heavy atom. The third-order valence-corrected chi connectivity index (χ3v) is 7.92. The summed E-state index contributed by atoms with van der Waals surface area (Å²) < 4.78 is 0. The Labute approximate surface area is 218 Å². The monoisotopic (exact) mass is 509 g/mol. The number of carbonyl (C=O) groups excluding carboxylic acids is 2. The molecule has 8 heteroatoms. The molecule has 2 saturated heterocycles. The average Bonchev–Trinajstić information content (AvgIpc) is 3.51. The number of nitrogens with one attached hydrogen (secondary N) is 2. The van der Waals surface area contributed by atoms with E-state index in [1.54, 1.807) is 36.5 Å². The maximum absolute atomic E-state index is 14.1. The number of aromatic amines is 1. The normalized spacial score (nSPS) is 24.8. The van der Waals surface area contributed by atoms with Crippen LogP contribution in [0.15, 0.2) is 72.9 Å². The van der Waals surface area contributed by atoms with E-state index < -0.39 is 41.2 Å². The number of carbonyl (C=O) groups is 3. The molecule has 3 heterocycles. The molecule has 1 aromatic heterocycles. The van der Waals surface area contributed by atoms with Crippen molar-refractivity contribution in [2.75, 3.05) is 4.90 Å². The number of para-hydroxylation sites is 2. The van der Waals surface area contributed by atoms with Crippen LogP contribution in [0.2, 0.25) is 0 Å². The summed E-state index contributed by atoms with van der Waals surface area (Å²) in [4.78, 5) is 45.6.